The van der Waals surface area contributed by atoms with Gasteiger partial charge in [0.1, 0.15) is 0 Å². The van der Waals surface area contributed by atoms with Gasteiger partial charge in [-0.15, -0.1) is 0 Å². The molecule has 0 N–H and O–H groups in total. The minimum atomic E-state index is -0.237. The van der Waals surface area contributed by atoms with E-state index in [2.05, 4.69) is 0 Å². The Balaban J connectivity index is 2.00. The van der Waals surface area contributed by atoms with Gasteiger partial charge in [-0.1, -0.05) is 41.9 Å². The van der Waals surface area contributed by atoms with Crippen LogP contribution in [0.3, 0.4) is 0 Å². The van der Waals surface area contributed by atoms with Gasteiger partial charge in [0.15, 0.2) is 0 Å². The first-order chi connectivity index (χ1) is 12.6. The number of aryl methyl sites for hydroxylation is 1. The summed E-state index contributed by atoms with van der Waals surface area (Å²) >= 11 is 5.96. The molecule has 0 aliphatic rings. The number of carbonyl (C=O) groups excluding carboxylic acids is 1. The van der Waals surface area contributed by atoms with Crippen LogP contribution in [0.2, 0.25) is 5.02 Å². The third-order valence-electron chi connectivity index (χ3n) is 4.23. The summed E-state index contributed by atoms with van der Waals surface area (Å²) in [7, 11) is 0. The van der Waals surface area contributed by atoms with Gasteiger partial charge in [-0.2, -0.15) is 0 Å². The number of halogens is 1. The zero-order chi connectivity index (χ0) is 18.5. The van der Waals surface area contributed by atoms with Crippen molar-refractivity contribution in [3.63, 3.8) is 0 Å². The molecule has 1 heterocycles. The third-order valence-corrected chi connectivity index (χ3v) is 4.48. The van der Waals surface area contributed by atoms with E-state index in [0.29, 0.717) is 36.6 Å². The summed E-state index contributed by atoms with van der Waals surface area (Å²) in [6.45, 7) is 2.61. The first kappa shape index (κ1) is 18.2. The Bertz CT molecular complexity index is 977. The first-order valence-electron chi connectivity index (χ1n) is 8.64. The van der Waals surface area contributed by atoms with Crippen LogP contribution in [0.25, 0.3) is 22.0 Å². The maximum Gasteiger partial charge on any atom is 0.305 e. The summed E-state index contributed by atoms with van der Waals surface area (Å²) in [6, 6.07) is 16.9. The van der Waals surface area contributed by atoms with Gasteiger partial charge in [0, 0.05) is 23.6 Å². The van der Waals surface area contributed by atoms with Crippen LogP contribution >= 0.6 is 11.6 Å². The number of fused-ring (bicyclic) bond motifs is 1. The fraction of sp³-hybridized carbons (Fsp3) is 0.238. The van der Waals surface area contributed by atoms with Crippen LogP contribution in [0.15, 0.2) is 59.4 Å². The molecule has 0 saturated carbocycles. The second-order valence-electron chi connectivity index (χ2n) is 5.99. The number of ether oxygens (including phenoxy) is 1. The van der Waals surface area contributed by atoms with Crippen molar-refractivity contribution in [3.05, 3.63) is 70.0 Å². The molecule has 0 aliphatic carbocycles. The fourth-order valence-corrected chi connectivity index (χ4v) is 3.13. The van der Waals surface area contributed by atoms with Gasteiger partial charge < -0.3 is 9.30 Å². The lowest BCUT2D eigenvalue weighted by Gasteiger charge is -2.13. The van der Waals surface area contributed by atoms with Crippen molar-refractivity contribution in [1.82, 2.24) is 4.57 Å². The van der Waals surface area contributed by atoms with Crippen LogP contribution in [0.5, 0.6) is 0 Å². The molecule has 3 aromatic rings. The number of rotatable bonds is 6. The molecule has 5 heteroatoms. The molecule has 4 nitrogen and oxygen atoms in total. The Labute approximate surface area is 157 Å². The lowest BCUT2D eigenvalue weighted by molar-refractivity contribution is -0.143. The largest absolute Gasteiger partial charge is 0.466 e. The number of benzene rings is 2. The second kappa shape index (κ2) is 8.19. The van der Waals surface area contributed by atoms with E-state index < -0.39 is 0 Å². The molecule has 0 aliphatic heterocycles. The standard InChI is InChI=1S/C21H20ClNO3/c1-2-26-20(24)8-5-13-23-19-7-4-3-6-16(19)14-18(21(23)25)15-9-11-17(22)12-10-15/h3-4,6-7,9-12,14H,2,5,8,13H2,1H3. The SMILES string of the molecule is CCOC(=O)CCCn1c(=O)c(-c2ccc(Cl)cc2)cc2ccccc21. The highest BCUT2D eigenvalue weighted by atomic mass is 35.5. The maximum atomic E-state index is 13.1. The van der Waals surface area contributed by atoms with E-state index in [9.17, 15) is 9.59 Å². The lowest BCUT2D eigenvalue weighted by Crippen LogP contribution is -2.22. The van der Waals surface area contributed by atoms with E-state index in [1.807, 2.05) is 42.5 Å². The van der Waals surface area contributed by atoms with Crippen molar-refractivity contribution < 1.29 is 9.53 Å². The minimum Gasteiger partial charge on any atom is -0.466 e. The molecule has 0 bridgehead atoms. The molecule has 0 amide bonds. The van der Waals surface area contributed by atoms with Crippen molar-refractivity contribution in [2.75, 3.05) is 6.61 Å². The average molecular weight is 370 g/mol. The second-order valence-corrected chi connectivity index (χ2v) is 6.43. The van der Waals surface area contributed by atoms with Gasteiger partial charge in [0.25, 0.3) is 5.56 Å². The highest BCUT2D eigenvalue weighted by Crippen LogP contribution is 2.23. The van der Waals surface area contributed by atoms with E-state index in [1.165, 1.54) is 0 Å². The molecule has 134 valence electrons. The Kier molecular flexibility index (Phi) is 5.74. The van der Waals surface area contributed by atoms with Crippen LogP contribution in [0, 0.1) is 0 Å². The summed E-state index contributed by atoms with van der Waals surface area (Å²) < 4.78 is 6.70. The van der Waals surface area contributed by atoms with Crippen molar-refractivity contribution in [1.29, 1.82) is 0 Å². The topological polar surface area (TPSA) is 48.3 Å². The number of carbonyl (C=O) groups is 1. The predicted octanol–water partition coefficient (Wildman–Crippen LogP) is 4.67. The molecule has 26 heavy (non-hydrogen) atoms. The molecular formula is C21H20ClNO3. The van der Waals surface area contributed by atoms with Gasteiger partial charge in [0.2, 0.25) is 0 Å². The van der Waals surface area contributed by atoms with Crippen LogP contribution in [-0.2, 0) is 16.1 Å². The molecule has 0 spiro atoms. The van der Waals surface area contributed by atoms with Crippen LogP contribution in [0.4, 0.5) is 0 Å². The quantitative estimate of drug-likeness (QED) is 0.593. The molecule has 3 rings (SSSR count). The number of nitrogens with zero attached hydrogens (tertiary/aromatic N) is 1. The Morgan fingerprint density at radius 1 is 1.12 bits per heavy atom. The number of esters is 1. The molecule has 0 fully saturated rings. The van der Waals surface area contributed by atoms with Gasteiger partial charge in [0.05, 0.1) is 12.1 Å². The van der Waals surface area contributed by atoms with Gasteiger partial charge in [-0.3, -0.25) is 9.59 Å². The molecule has 0 saturated heterocycles. The Morgan fingerprint density at radius 2 is 1.85 bits per heavy atom. The fourth-order valence-electron chi connectivity index (χ4n) is 3.00. The normalized spacial score (nSPS) is 10.8. The van der Waals surface area contributed by atoms with E-state index in [0.717, 1.165) is 16.5 Å². The summed E-state index contributed by atoms with van der Waals surface area (Å²) in [6.07, 6.45) is 0.840. The Hall–Kier alpha value is -2.59. The molecular weight excluding hydrogens is 350 g/mol. The summed E-state index contributed by atoms with van der Waals surface area (Å²) in [5, 5.41) is 1.61. The monoisotopic (exact) mass is 369 g/mol. The van der Waals surface area contributed by atoms with Crippen LogP contribution in [-0.4, -0.2) is 17.1 Å². The van der Waals surface area contributed by atoms with E-state index in [1.54, 1.807) is 23.6 Å². The maximum absolute atomic E-state index is 13.1. The molecule has 0 radical (unpaired) electrons. The zero-order valence-electron chi connectivity index (χ0n) is 14.6. The van der Waals surface area contributed by atoms with Gasteiger partial charge >= 0.3 is 5.97 Å². The minimum absolute atomic E-state index is 0.0742. The van der Waals surface area contributed by atoms with Crippen molar-refractivity contribution >= 4 is 28.5 Å². The molecule has 0 atom stereocenters. The van der Waals surface area contributed by atoms with E-state index in [-0.39, 0.29) is 11.5 Å². The highest BCUT2D eigenvalue weighted by Gasteiger charge is 2.12. The predicted molar refractivity (Wildman–Crippen MR) is 105 cm³/mol. The highest BCUT2D eigenvalue weighted by molar-refractivity contribution is 6.30. The van der Waals surface area contributed by atoms with Crippen molar-refractivity contribution in [2.24, 2.45) is 0 Å². The first-order valence-corrected chi connectivity index (χ1v) is 9.02. The molecule has 2 aromatic carbocycles. The lowest BCUT2D eigenvalue weighted by atomic mass is 10.0. The van der Waals surface area contributed by atoms with E-state index in [4.69, 9.17) is 16.3 Å². The molecule has 0 unspecified atom stereocenters. The zero-order valence-corrected chi connectivity index (χ0v) is 15.3. The van der Waals surface area contributed by atoms with Crippen molar-refractivity contribution in [2.45, 2.75) is 26.3 Å². The molecule has 1 aromatic heterocycles. The van der Waals surface area contributed by atoms with Crippen LogP contribution in [0.1, 0.15) is 19.8 Å². The number of para-hydroxylation sites is 1. The average Bonchev–Trinajstić information content (AvgIpc) is 2.64. The smallest absolute Gasteiger partial charge is 0.305 e. The Morgan fingerprint density at radius 3 is 2.58 bits per heavy atom. The van der Waals surface area contributed by atoms with Gasteiger partial charge in [-0.05, 0) is 48.6 Å². The van der Waals surface area contributed by atoms with Crippen LogP contribution < -0.4 is 5.56 Å². The van der Waals surface area contributed by atoms with E-state index >= 15 is 0 Å². The number of aromatic nitrogens is 1. The number of hydrogen-bond acceptors (Lipinski definition) is 3. The number of hydrogen-bond donors (Lipinski definition) is 0. The summed E-state index contributed by atoms with van der Waals surface area (Å²) in [5.41, 5.74) is 2.23. The summed E-state index contributed by atoms with van der Waals surface area (Å²) in [4.78, 5) is 24.7. The summed E-state index contributed by atoms with van der Waals surface area (Å²) in [5.74, 6) is -0.237. The number of pyridine rings is 1. The van der Waals surface area contributed by atoms with Gasteiger partial charge in [-0.25, -0.2) is 0 Å². The van der Waals surface area contributed by atoms with Crippen molar-refractivity contribution in [3.8, 4) is 11.1 Å². The third kappa shape index (κ3) is 3.97.